The molecule has 0 aliphatic rings. The molecule has 2 N–H and O–H groups in total. The Hall–Kier alpha value is -3.19. The summed E-state index contributed by atoms with van der Waals surface area (Å²) in [4.78, 5) is 35.3. The van der Waals surface area contributed by atoms with Crippen LogP contribution in [0.4, 0.5) is 15.8 Å². The summed E-state index contributed by atoms with van der Waals surface area (Å²) >= 11 is 5.68. The van der Waals surface area contributed by atoms with E-state index in [4.69, 9.17) is 11.6 Å². The van der Waals surface area contributed by atoms with Crippen molar-refractivity contribution in [3.05, 3.63) is 71.0 Å². The quantitative estimate of drug-likeness (QED) is 0.580. The van der Waals surface area contributed by atoms with Crippen molar-refractivity contribution in [2.75, 3.05) is 17.2 Å². The third kappa shape index (κ3) is 6.23. The number of carbonyl (C=O) groups excluding carboxylic acids is 3. The Morgan fingerprint density at radius 1 is 1.07 bits per heavy atom. The Morgan fingerprint density at radius 3 is 2.52 bits per heavy atom. The molecule has 0 aromatic heterocycles. The highest BCUT2D eigenvalue weighted by atomic mass is 35.5. The molecular formula is C19H16ClFN2O4. The van der Waals surface area contributed by atoms with Gasteiger partial charge >= 0.3 is 5.97 Å². The molecule has 0 aliphatic carbocycles. The zero-order valence-corrected chi connectivity index (χ0v) is 15.0. The van der Waals surface area contributed by atoms with Crippen molar-refractivity contribution in [1.29, 1.82) is 0 Å². The van der Waals surface area contributed by atoms with E-state index in [1.165, 1.54) is 18.2 Å². The predicted octanol–water partition coefficient (Wildman–Crippen LogP) is 3.79. The van der Waals surface area contributed by atoms with Crippen molar-refractivity contribution in [1.82, 2.24) is 0 Å². The molecule has 0 radical (unpaired) electrons. The summed E-state index contributed by atoms with van der Waals surface area (Å²) in [6, 6.07) is 9.98. The summed E-state index contributed by atoms with van der Waals surface area (Å²) in [6.07, 6.45) is 2.04. The first kappa shape index (κ1) is 20.1. The van der Waals surface area contributed by atoms with Crippen molar-refractivity contribution in [2.24, 2.45) is 0 Å². The van der Waals surface area contributed by atoms with E-state index in [0.29, 0.717) is 11.4 Å². The van der Waals surface area contributed by atoms with Crippen molar-refractivity contribution >= 4 is 40.8 Å². The zero-order valence-electron chi connectivity index (χ0n) is 14.3. The summed E-state index contributed by atoms with van der Waals surface area (Å²) in [5.41, 5.74) is 0.958. The maximum atomic E-state index is 13.2. The van der Waals surface area contributed by atoms with Gasteiger partial charge in [0, 0.05) is 29.1 Å². The third-order valence-corrected chi connectivity index (χ3v) is 3.52. The maximum Gasteiger partial charge on any atom is 0.330 e. The Kier molecular flexibility index (Phi) is 7.08. The Balaban J connectivity index is 2.03. The van der Waals surface area contributed by atoms with Gasteiger partial charge in [-0.1, -0.05) is 17.7 Å². The molecule has 2 aromatic rings. The molecule has 2 amide bonds. The first-order valence-electron chi connectivity index (χ1n) is 7.91. The van der Waals surface area contributed by atoms with Gasteiger partial charge in [0.25, 0.3) is 5.91 Å². The zero-order chi connectivity index (χ0) is 19.8. The van der Waals surface area contributed by atoms with Crippen LogP contribution in [0.25, 0.3) is 0 Å². The van der Waals surface area contributed by atoms with Gasteiger partial charge in [0.15, 0.2) is 0 Å². The highest BCUT2D eigenvalue weighted by Crippen LogP contribution is 2.20. The molecule has 0 aliphatic heterocycles. The minimum absolute atomic E-state index is 0.109. The van der Waals surface area contributed by atoms with E-state index in [2.05, 4.69) is 15.4 Å². The molecule has 0 unspecified atom stereocenters. The van der Waals surface area contributed by atoms with Crippen LogP contribution in [0.2, 0.25) is 5.02 Å². The van der Waals surface area contributed by atoms with Crippen molar-refractivity contribution in [3.63, 3.8) is 0 Å². The fourth-order valence-electron chi connectivity index (χ4n) is 2.03. The number of esters is 1. The number of halogens is 2. The summed E-state index contributed by atoms with van der Waals surface area (Å²) in [7, 11) is 0. The van der Waals surface area contributed by atoms with E-state index in [-0.39, 0.29) is 17.2 Å². The summed E-state index contributed by atoms with van der Waals surface area (Å²) in [5, 5.41) is 5.00. The molecule has 0 bridgehead atoms. The molecular weight excluding hydrogens is 375 g/mol. The largest absolute Gasteiger partial charge is 0.463 e. The molecule has 0 fully saturated rings. The summed E-state index contributed by atoms with van der Waals surface area (Å²) in [5.74, 6) is -2.23. The lowest BCUT2D eigenvalue weighted by molar-refractivity contribution is -0.137. The lowest BCUT2D eigenvalue weighted by atomic mass is 10.1. The molecule has 2 aromatic carbocycles. The number of carbonyl (C=O) groups is 3. The van der Waals surface area contributed by atoms with E-state index in [1.54, 1.807) is 25.1 Å². The Labute approximate surface area is 160 Å². The van der Waals surface area contributed by atoms with E-state index in [0.717, 1.165) is 18.2 Å². The Bertz CT molecular complexity index is 899. The van der Waals surface area contributed by atoms with Crippen LogP contribution in [0.5, 0.6) is 0 Å². The number of ether oxygens (including phenoxy) is 1. The standard InChI is InChI=1S/C19H16ClFN2O4/c1-2-27-18(25)9-8-17(24)22-13-5-3-4-12(10-13)19(26)23-14-6-7-16(21)15(20)11-14/h3-11H,2H2,1H3,(H,22,24)(H,23,26)/b9-8+. The molecule has 140 valence electrons. The average Bonchev–Trinajstić information content (AvgIpc) is 2.63. The van der Waals surface area contributed by atoms with Crippen molar-refractivity contribution in [2.45, 2.75) is 6.92 Å². The first-order chi connectivity index (χ1) is 12.9. The van der Waals surface area contributed by atoms with Gasteiger partial charge < -0.3 is 15.4 Å². The van der Waals surface area contributed by atoms with Gasteiger partial charge in [-0.2, -0.15) is 0 Å². The molecule has 27 heavy (non-hydrogen) atoms. The number of rotatable bonds is 6. The van der Waals surface area contributed by atoms with Gasteiger partial charge in [0.1, 0.15) is 5.82 Å². The minimum Gasteiger partial charge on any atom is -0.463 e. The van der Waals surface area contributed by atoms with Gasteiger partial charge in [-0.15, -0.1) is 0 Å². The number of hydrogen-bond acceptors (Lipinski definition) is 4. The van der Waals surface area contributed by atoms with Crippen LogP contribution >= 0.6 is 11.6 Å². The molecule has 8 heteroatoms. The number of hydrogen-bond donors (Lipinski definition) is 2. The maximum absolute atomic E-state index is 13.2. The average molecular weight is 391 g/mol. The molecule has 0 heterocycles. The number of nitrogens with one attached hydrogen (secondary N) is 2. The SMILES string of the molecule is CCOC(=O)/C=C/C(=O)Nc1cccc(C(=O)Nc2ccc(F)c(Cl)c2)c1. The van der Waals surface area contributed by atoms with Crippen LogP contribution in [0.3, 0.4) is 0 Å². The van der Waals surface area contributed by atoms with Gasteiger partial charge in [-0.25, -0.2) is 9.18 Å². The second-order valence-corrected chi connectivity index (χ2v) is 5.65. The molecule has 0 saturated carbocycles. The van der Waals surface area contributed by atoms with Crippen LogP contribution in [0.1, 0.15) is 17.3 Å². The molecule has 0 spiro atoms. The fraction of sp³-hybridized carbons (Fsp3) is 0.105. The van der Waals surface area contributed by atoms with Gasteiger partial charge in [-0.3, -0.25) is 9.59 Å². The van der Waals surface area contributed by atoms with Crippen LogP contribution in [-0.2, 0) is 14.3 Å². The second-order valence-electron chi connectivity index (χ2n) is 5.24. The van der Waals surface area contributed by atoms with E-state index < -0.39 is 23.6 Å². The number of amides is 2. The molecule has 6 nitrogen and oxygen atoms in total. The highest BCUT2D eigenvalue weighted by molar-refractivity contribution is 6.31. The normalized spacial score (nSPS) is 10.5. The van der Waals surface area contributed by atoms with E-state index in [1.807, 2.05) is 0 Å². The highest BCUT2D eigenvalue weighted by Gasteiger charge is 2.09. The minimum atomic E-state index is -0.626. The van der Waals surface area contributed by atoms with Gasteiger partial charge in [-0.05, 0) is 43.3 Å². The Morgan fingerprint density at radius 2 is 1.81 bits per heavy atom. The van der Waals surface area contributed by atoms with E-state index >= 15 is 0 Å². The number of benzene rings is 2. The second kappa shape index (κ2) is 9.49. The van der Waals surface area contributed by atoms with Crippen LogP contribution in [0.15, 0.2) is 54.6 Å². The topological polar surface area (TPSA) is 84.5 Å². The van der Waals surface area contributed by atoms with Gasteiger partial charge in [0.05, 0.1) is 11.6 Å². The van der Waals surface area contributed by atoms with Crippen molar-refractivity contribution < 1.29 is 23.5 Å². The third-order valence-electron chi connectivity index (χ3n) is 3.23. The monoisotopic (exact) mass is 390 g/mol. The fourth-order valence-corrected chi connectivity index (χ4v) is 2.21. The predicted molar refractivity (Wildman–Crippen MR) is 100 cm³/mol. The first-order valence-corrected chi connectivity index (χ1v) is 8.29. The summed E-state index contributed by atoms with van der Waals surface area (Å²) < 4.78 is 17.8. The number of anilines is 2. The van der Waals surface area contributed by atoms with Crippen LogP contribution < -0.4 is 10.6 Å². The molecule has 2 rings (SSSR count). The summed E-state index contributed by atoms with van der Waals surface area (Å²) in [6.45, 7) is 1.86. The van der Waals surface area contributed by atoms with Crippen molar-refractivity contribution in [3.8, 4) is 0 Å². The lowest BCUT2D eigenvalue weighted by Crippen LogP contribution is -2.13. The molecule has 0 saturated heterocycles. The van der Waals surface area contributed by atoms with Crippen LogP contribution in [0, 0.1) is 5.82 Å². The van der Waals surface area contributed by atoms with Gasteiger partial charge in [0.2, 0.25) is 5.91 Å². The van der Waals surface area contributed by atoms with Crippen LogP contribution in [-0.4, -0.2) is 24.4 Å². The molecule has 0 atom stereocenters. The van der Waals surface area contributed by atoms with E-state index in [9.17, 15) is 18.8 Å². The smallest absolute Gasteiger partial charge is 0.330 e. The lowest BCUT2D eigenvalue weighted by Gasteiger charge is -2.08.